The van der Waals surface area contributed by atoms with Crippen molar-refractivity contribution in [1.82, 2.24) is 14.5 Å². The van der Waals surface area contributed by atoms with Crippen LogP contribution >= 0.6 is 0 Å². The van der Waals surface area contributed by atoms with E-state index in [4.69, 9.17) is 0 Å². The molecular formula is C12H15N3O. The van der Waals surface area contributed by atoms with Crippen LogP contribution in [0.5, 0.6) is 0 Å². The van der Waals surface area contributed by atoms with Gasteiger partial charge in [0.15, 0.2) is 0 Å². The zero-order valence-corrected chi connectivity index (χ0v) is 9.15. The van der Waals surface area contributed by atoms with Gasteiger partial charge in [-0.1, -0.05) is 19.3 Å². The highest BCUT2D eigenvalue weighted by molar-refractivity contribution is 5.74. The van der Waals surface area contributed by atoms with Crippen molar-refractivity contribution in [3.63, 3.8) is 0 Å². The van der Waals surface area contributed by atoms with Crippen molar-refractivity contribution in [2.75, 3.05) is 0 Å². The largest absolute Gasteiger partial charge is 0.329 e. The van der Waals surface area contributed by atoms with Gasteiger partial charge in [0.1, 0.15) is 5.65 Å². The number of aromatic amines is 1. The standard InChI is InChI=1S/C12H15N3O/c16-12-10-6-7-15(11(10)13-8-14-12)9-4-2-1-3-5-9/h6-9H,1-5H2,(H,13,14,16). The molecule has 0 saturated heterocycles. The van der Waals surface area contributed by atoms with E-state index in [0.717, 1.165) is 5.65 Å². The Labute approximate surface area is 93.3 Å². The third kappa shape index (κ3) is 1.45. The van der Waals surface area contributed by atoms with E-state index in [1.54, 1.807) is 0 Å². The van der Waals surface area contributed by atoms with Gasteiger partial charge < -0.3 is 9.55 Å². The summed E-state index contributed by atoms with van der Waals surface area (Å²) in [6, 6.07) is 2.40. The molecule has 0 aliphatic heterocycles. The highest BCUT2D eigenvalue weighted by Crippen LogP contribution is 2.29. The van der Waals surface area contributed by atoms with Gasteiger partial charge in [0.25, 0.3) is 5.56 Å². The third-order valence-corrected chi connectivity index (χ3v) is 3.48. The number of aromatic nitrogens is 3. The molecule has 0 unspecified atom stereocenters. The van der Waals surface area contributed by atoms with E-state index < -0.39 is 0 Å². The Balaban J connectivity index is 2.10. The molecule has 2 aromatic rings. The van der Waals surface area contributed by atoms with E-state index in [9.17, 15) is 4.79 Å². The van der Waals surface area contributed by atoms with Crippen molar-refractivity contribution < 1.29 is 0 Å². The van der Waals surface area contributed by atoms with Crippen LogP contribution in [0.2, 0.25) is 0 Å². The normalized spacial score (nSPS) is 18.0. The van der Waals surface area contributed by atoms with Gasteiger partial charge >= 0.3 is 0 Å². The molecule has 0 spiro atoms. The smallest absolute Gasteiger partial charge is 0.260 e. The van der Waals surface area contributed by atoms with E-state index in [2.05, 4.69) is 14.5 Å². The summed E-state index contributed by atoms with van der Waals surface area (Å²) in [5, 5.41) is 0.702. The molecule has 84 valence electrons. The topological polar surface area (TPSA) is 50.7 Å². The summed E-state index contributed by atoms with van der Waals surface area (Å²) in [6.45, 7) is 0. The van der Waals surface area contributed by atoms with Gasteiger partial charge in [0.2, 0.25) is 0 Å². The zero-order valence-electron chi connectivity index (χ0n) is 9.15. The minimum atomic E-state index is -0.0421. The van der Waals surface area contributed by atoms with Crippen LogP contribution in [0.25, 0.3) is 11.0 Å². The molecule has 1 aliphatic rings. The quantitative estimate of drug-likeness (QED) is 0.796. The van der Waals surface area contributed by atoms with E-state index in [-0.39, 0.29) is 5.56 Å². The fraction of sp³-hybridized carbons (Fsp3) is 0.500. The lowest BCUT2D eigenvalue weighted by atomic mass is 9.95. The maximum atomic E-state index is 11.6. The van der Waals surface area contributed by atoms with Crippen LogP contribution in [0.1, 0.15) is 38.1 Å². The molecule has 0 bridgehead atoms. The first-order valence-electron chi connectivity index (χ1n) is 5.90. The fourth-order valence-electron chi connectivity index (χ4n) is 2.64. The lowest BCUT2D eigenvalue weighted by molar-refractivity contribution is 0.359. The lowest BCUT2D eigenvalue weighted by Crippen LogP contribution is -2.13. The molecule has 16 heavy (non-hydrogen) atoms. The van der Waals surface area contributed by atoms with Crippen molar-refractivity contribution in [1.29, 1.82) is 0 Å². The Morgan fingerprint density at radius 1 is 1.31 bits per heavy atom. The minimum Gasteiger partial charge on any atom is -0.329 e. The van der Waals surface area contributed by atoms with Gasteiger partial charge in [-0.25, -0.2) is 4.98 Å². The maximum Gasteiger partial charge on any atom is 0.260 e. The Hall–Kier alpha value is -1.58. The van der Waals surface area contributed by atoms with Crippen molar-refractivity contribution in [3.8, 4) is 0 Å². The molecule has 1 saturated carbocycles. The molecule has 2 heterocycles. The maximum absolute atomic E-state index is 11.6. The molecule has 4 heteroatoms. The molecule has 1 N–H and O–H groups in total. The third-order valence-electron chi connectivity index (χ3n) is 3.48. The van der Waals surface area contributed by atoms with Crippen molar-refractivity contribution >= 4 is 11.0 Å². The Bertz CT molecular complexity index is 549. The van der Waals surface area contributed by atoms with Gasteiger partial charge in [-0.05, 0) is 18.9 Å². The summed E-state index contributed by atoms with van der Waals surface area (Å²) in [5.74, 6) is 0. The molecule has 0 radical (unpaired) electrons. The number of nitrogens with zero attached hydrogens (tertiary/aromatic N) is 2. The highest BCUT2D eigenvalue weighted by atomic mass is 16.1. The average molecular weight is 217 g/mol. The molecule has 2 aromatic heterocycles. The molecule has 3 rings (SSSR count). The number of fused-ring (bicyclic) bond motifs is 1. The Morgan fingerprint density at radius 3 is 2.94 bits per heavy atom. The van der Waals surface area contributed by atoms with Crippen LogP contribution in [-0.4, -0.2) is 14.5 Å². The molecule has 1 aliphatic carbocycles. The van der Waals surface area contributed by atoms with Crippen molar-refractivity contribution in [2.24, 2.45) is 0 Å². The van der Waals surface area contributed by atoms with Gasteiger partial charge in [-0.2, -0.15) is 0 Å². The molecular weight excluding hydrogens is 202 g/mol. The van der Waals surface area contributed by atoms with Crippen molar-refractivity contribution in [2.45, 2.75) is 38.1 Å². The van der Waals surface area contributed by atoms with Crippen molar-refractivity contribution in [3.05, 3.63) is 28.9 Å². The summed E-state index contributed by atoms with van der Waals surface area (Å²) in [5.41, 5.74) is 0.787. The van der Waals surface area contributed by atoms with Gasteiger partial charge in [0, 0.05) is 12.2 Å². The number of nitrogens with one attached hydrogen (secondary N) is 1. The predicted molar refractivity (Wildman–Crippen MR) is 62.5 cm³/mol. The van der Waals surface area contributed by atoms with E-state index in [0.29, 0.717) is 11.4 Å². The first-order chi connectivity index (χ1) is 7.86. The number of rotatable bonds is 1. The van der Waals surface area contributed by atoms with Crippen LogP contribution in [0.3, 0.4) is 0 Å². The SMILES string of the molecule is O=c1[nH]cnc2c1ccn2C1CCCCC1. The molecule has 0 atom stereocenters. The van der Waals surface area contributed by atoms with E-state index in [1.807, 2.05) is 12.3 Å². The van der Waals surface area contributed by atoms with Crippen LogP contribution in [-0.2, 0) is 0 Å². The fourth-order valence-corrected chi connectivity index (χ4v) is 2.64. The zero-order chi connectivity index (χ0) is 11.0. The summed E-state index contributed by atoms with van der Waals surface area (Å²) in [7, 11) is 0. The first kappa shape index (κ1) is 9.63. The van der Waals surface area contributed by atoms with Gasteiger partial charge in [-0.3, -0.25) is 4.79 Å². The number of hydrogen-bond acceptors (Lipinski definition) is 2. The second-order valence-electron chi connectivity index (χ2n) is 4.48. The van der Waals surface area contributed by atoms with E-state index >= 15 is 0 Å². The molecule has 4 nitrogen and oxygen atoms in total. The van der Waals surface area contributed by atoms with Crippen LogP contribution in [0.4, 0.5) is 0 Å². The van der Waals surface area contributed by atoms with Crippen LogP contribution in [0.15, 0.2) is 23.4 Å². The van der Waals surface area contributed by atoms with Gasteiger partial charge in [0.05, 0.1) is 11.7 Å². The highest BCUT2D eigenvalue weighted by Gasteiger charge is 2.17. The minimum absolute atomic E-state index is 0.0421. The monoisotopic (exact) mass is 217 g/mol. The number of hydrogen-bond donors (Lipinski definition) is 1. The summed E-state index contributed by atoms with van der Waals surface area (Å²) >= 11 is 0. The first-order valence-corrected chi connectivity index (χ1v) is 5.90. The summed E-state index contributed by atoms with van der Waals surface area (Å²) in [4.78, 5) is 18.5. The Kier molecular flexibility index (Phi) is 2.27. The molecule has 1 fully saturated rings. The summed E-state index contributed by atoms with van der Waals surface area (Å²) in [6.07, 6.45) is 9.81. The second kappa shape index (κ2) is 3.77. The Morgan fingerprint density at radius 2 is 2.12 bits per heavy atom. The average Bonchev–Trinajstić information content (AvgIpc) is 2.75. The summed E-state index contributed by atoms with van der Waals surface area (Å²) < 4.78 is 2.17. The second-order valence-corrected chi connectivity index (χ2v) is 4.48. The number of H-pyrrole nitrogens is 1. The van der Waals surface area contributed by atoms with Crippen LogP contribution < -0.4 is 5.56 Å². The predicted octanol–water partition coefficient (Wildman–Crippen LogP) is 2.23. The van der Waals surface area contributed by atoms with E-state index in [1.165, 1.54) is 38.4 Å². The lowest BCUT2D eigenvalue weighted by Gasteiger charge is -2.23. The van der Waals surface area contributed by atoms with Gasteiger partial charge in [-0.15, -0.1) is 0 Å². The molecule has 0 amide bonds. The van der Waals surface area contributed by atoms with Crippen LogP contribution in [0, 0.1) is 0 Å². The molecule has 0 aromatic carbocycles.